The molecule has 0 aliphatic heterocycles. The molecule has 0 N–H and O–H groups in total. The molecule has 0 heterocycles. The van der Waals surface area contributed by atoms with Crippen LogP contribution in [-0.2, 0) is 0 Å². The molecule has 0 amide bonds. The van der Waals surface area contributed by atoms with E-state index in [-0.39, 0.29) is 0 Å². The van der Waals surface area contributed by atoms with Crippen molar-refractivity contribution in [1.82, 2.24) is 0 Å². The van der Waals surface area contributed by atoms with Crippen LogP contribution in [0.4, 0.5) is 0 Å². The molecule has 0 aliphatic rings. The van der Waals surface area contributed by atoms with Crippen LogP contribution in [0.15, 0.2) is 12.2 Å². The molecule has 114 valence electrons. The van der Waals surface area contributed by atoms with Crippen LogP contribution in [0.3, 0.4) is 0 Å². The zero-order valence-corrected chi connectivity index (χ0v) is 14.1. The topological polar surface area (TPSA) is 0 Å². The molecule has 0 aromatic heterocycles. The summed E-state index contributed by atoms with van der Waals surface area (Å²) in [5.74, 6) is 1.77. The summed E-state index contributed by atoms with van der Waals surface area (Å²) in [4.78, 5) is 0. The van der Waals surface area contributed by atoms with Gasteiger partial charge in [-0.25, -0.2) is 0 Å². The lowest BCUT2D eigenvalue weighted by atomic mass is 10.0. The summed E-state index contributed by atoms with van der Waals surface area (Å²) in [5.41, 5.74) is 0. The van der Waals surface area contributed by atoms with E-state index in [0.29, 0.717) is 0 Å². The third kappa shape index (κ3) is 17.7. The molecule has 0 aliphatic carbocycles. The molecule has 0 rings (SSSR count). The summed E-state index contributed by atoms with van der Waals surface area (Å²) in [6.07, 6.45) is 20.1. The van der Waals surface area contributed by atoms with Crippen LogP contribution in [0.2, 0.25) is 0 Å². The van der Waals surface area contributed by atoms with E-state index in [1.807, 2.05) is 0 Å². The maximum absolute atomic E-state index is 2.41. The van der Waals surface area contributed by atoms with Gasteiger partial charge in [0.2, 0.25) is 0 Å². The Morgan fingerprint density at radius 1 is 0.526 bits per heavy atom. The highest BCUT2D eigenvalue weighted by atomic mass is 14.0. The van der Waals surface area contributed by atoms with Crippen molar-refractivity contribution < 1.29 is 0 Å². The smallest absolute Gasteiger partial charge is 0.0351 e. The first-order valence-corrected chi connectivity index (χ1v) is 8.78. The predicted octanol–water partition coefficient (Wildman–Crippen LogP) is 7.15. The lowest BCUT2D eigenvalue weighted by Gasteiger charge is -2.03. The molecular formula is C19H38. The minimum Gasteiger partial charge on any atom is -0.0885 e. The van der Waals surface area contributed by atoms with Crippen LogP contribution in [0.25, 0.3) is 0 Å². The molecule has 0 radical (unpaired) electrons. The Balaban J connectivity index is 3.09. The van der Waals surface area contributed by atoms with Gasteiger partial charge in [0.05, 0.1) is 0 Å². The van der Waals surface area contributed by atoms with Crippen molar-refractivity contribution in [3.8, 4) is 0 Å². The molecule has 0 aromatic carbocycles. The third-order valence-electron chi connectivity index (χ3n) is 3.72. The van der Waals surface area contributed by atoms with E-state index in [2.05, 4.69) is 39.8 Å². The summed E-state index contributed by atoms with van der Waals surface area (Å²) in [5, 5.41) is 0. The van der Waals surface area contributed by atoms with Gasteiger partial charge in [0.1, 0.15) is 0 Å². The zero-order chi connectivity index (χ0) is 14.3. The molecule has 0 unspecified atom stereocenters. The third-order valence-corrected chi connectivity index (χ3v) is 3.72. The van der Waals surface area contributed by atoms with Crippen molar-refractivity contribution in [1.29, 1.82) is 0 Å². The van der Waals surface area contributed by atoms with E-state index in [1.165, 1.54) is 70.6 Å². The second-order valence-corrected chi connectivity index (χ2v) is 6.89. The van der Waals surface area contributed by atoms with E-state index in [1.54, 1.807) is 0 Å². The Bertz CT molecular complexity index is 188. The number of hydrogen-bond acceptors (Lipinski definition) is 0. The minimum atomic E-state index is 0.881. The standard InChI is InChI=1S/C19H38/c1-18(2)16-14-12-10-8-6-5-7-9-11-13-15-17-19(3)4/h5-6,18-19H,7-17H2,1-4H3/b6-5+. The predicted molar refractivity (Wildman–Crippen MR) is 89.6 cm³/mol. The summed E-state index contributed by atoms with van der Waals surface area (Å²) in [6.45, 7) is 9.29. The van der Waals surface area contributed by atoms with Gasteiger partial charge in [0, 0.05) is 0 Å². The lowest BCUT2D eigenvalue weighted by Crippen LogP contribution is -1.87. The minimum absolute atomic E-state index is 0.881. The number of unbranched alkanes of at least 4 members (excludes halogenated alkanes) is 7. The number of hydrogen-bond donors (Lipinski definition) is 0. The highest BCUT2D eigenvalue weighted by Crippen LogP contribution is 2.12. The molecule has 0 fully saturated rings. The molecule has 0 saturated carbocycles. The molecule has 0 atom stereocenters. The molecule has 0 saturated heterocycles. The molecule has 0 bridgehead atoms. The number of rotatable bonds is 13. The van der Waals surface area contributed by atoms with Gasteiger partial charge in [0.15, 0.2) is 0 Å². The van der Waals surface area contributed by atoms with Gasteiger partial charge >= 0.3 is 0 Å². The van der Waals surface area contributed by atoms with Crippen molar-refractivity contribution in [2.45, 2.75) is 98.3 Å². The summed E-state index contributed by atoms with van der Waals surface area (Å²) in [7, 11) is 0. The van der Waals surface area contributed by atoms with Gasteiger partial charge in [0.25, 0.3) is 0 Å². The highest BCUT2D eigenvalue weighted by Gasteiger charge is 1.94. The van der Waals surface area contributed by atoms with Gasteiger partial charge in [-0.15, -0.1) is 0 Å². The van der Waals surface area contributed by atoms with Crippen molar-refractivity contribution in [2.75, 3.05) is 0 Å². The van der Waals surface area contributed by atoms with Crippen molar-refractivity contribution in [3.63, 3.8) is 0 Å². The molecule has 0 nitrogen and oxygen atoms in total. The molecule has 0 heteroatoms. The van der Waals surface area contributed by atoms with Gasteiger partial charge in [-0.3, -0.25) is 0 Å². The van der Waals surface area contributed by atoms with Crippen molar-refractivity contribution >= 4 is 0 Å². The Hall–Kier alpha value is -0.260. The average molecular weight is 267 g/mol. The Kier molecular flexibility index (Phi) is 14.0. The molecular weight excluding hydrogens is 228 g/mol. The first-order valence-electron chi connectivity index (χ1n) is 8.78. The Morgan fingerprint density at radius 3 is 1.32 bits per heavy atom. The van der Waals surface area contributed by atoms with E-state index in [0.717, 1.165) is 11.8 Å². The second-order valence-electron chi connectivity index (χ2n) is 6.89. The van der Waals surface area contributed by atoms with Crippen LogP contribution in [0.5, 0.6) is 0 Å². The summed E-state index contributed by atoms with van der Waals surface area (Å²) >= 11 is 0. The van der Waals surface area contributed by atoms with Crippen LogP contribution in [0.1, 0.15) is 98.3 Å². The van der Waals surface area contributed by atoms with Gasteiger partial charge in [-0.2, -0.15) is 0 Å². The van der Waals surface area contributed by atoms with Crippen LogP contribution >= 0.6 is 0 Å². The van der Waals surface area contributed by atoms with E-state index < -0.39 is 0 Å². The Morgan fingerprint density at radius 2 is 0.895 bits per heavy atom. The quantitative estimate of drug-likeness (QED) is 0.245. The maximum atomic E-state index is 2.41. The lowest BCUT2D eigenvalue weighted by molar-refractivity contribution is 0.521. The maximum Gasteiger partial charge on any atom is -0.0351 e. The fraction of sp³-hybridized carbons (Fsp3) is 0.895. The van der Waals surface area contributed by atoms with Crippen LogP contribution < -0.4 is 0 Å². The average Bonchev–Trinajstić information content (AvgIpc) is 2.34. The normalized spacial score (nSPS) is 12.1. The molecule has 0 spiro atoms. The van der Waals surface area contributed by atoms with Crippen molar-refractivity contribution in [2.24, 2.45) is 11.8 Å². The van der Waals surface area contributed by atoms with E-state index in [4.69, 9.17) is 0 Å². The number of allylic oxidation sites excluding steroid dienone is 2. The first kappa shape index (κ1) is 18.7. The van der Waals surface area contributed by atoms with Gasteiger partial charge in [-0.1, -0.05) is 84.8 Å². The summed E-state index contributed by atoms with van der Waals surface area (Å²) in [6, 6.07) is 0. The van der Waals surface area contributed by atoms with E-state index >= 15 is 0 Å². The zero-order valence-electron chi connectivity index (χ0n) is 14.1. The van der Waals surface area contributed by atoms with E-state index in [9.17, 15) is 0 Å². The SMILES string of the molecule is CC(C)CCCCC/C=C/CCCCCCC(C)C. The highest BCUT2D eigenvalue weighted by molar-refractivity contribution is 4.81. The molecule has 19 heavy (non-hydrogen) atoms. The monoisotopic (exact) mass is 266 g/mol. The molecule has 0 aromatic rings. The fourth-order valence-electron chi connectivity index (χ4n) is 2.40. The van der Waals surface area contributed by atoms with Gasteiger partial charge < -0.3 is 0 Å². The van der Waals surface area contributed by atoms with Crippen LogP contribution in [-0.4, -0.2) is 0 Å². The Labute approximate surface area is 123 Å². The fourth-order valence-corrected chi connectivity index (χ4v) is 2.40. The summed E-state index contributed by atoms with van der Waals surface area (Å²) < 4.78 is 0. The van der Waals surface area contributed by atoms with Crippen LogP contribution in [0, 0.1) is 11.8 Å². The largest absolute Gasteiger partial charge is 0.0885 e. The first-order chi connectivity index (χ1) is 9.13. The second kappa shape index (κ2) is 14.2. The van der Waals surface area contributed by atoms with Gasteiger partial charge in [-0.05, 0) is 37.5 Å². The van der Waals surface area contributed by atoms with Crippen molar-refractivity contribution in [3.05, 3.63) is 12.2 Å².